The van der Waals surface area contributed by atoms with Gasteiger partial charge in [0.05, 0.1) is 0 Å². The highest BCUT2D eigenvalue weighted by Crippen LogP contribution is 1.81. The Labute approximate surface area is 55.4 Å². The van der Waals surface area contributed by atoms with E-state index in [1.54, 1.807) is 0 Å². The zero-order valence-corrected chi connectivity index (χ0v) is 5.67. The summed E-state index contributed by atoms with van der Waals surface area (Å²) in [7, 11) is 0. The van der Waals surface area contributed by atoms with Crippen LogP contribution in [0.3, 0.4) is 0 Å². The smallest absolute Gasteiger partial charge is 0.185 e. The summed E-state index contributed by atoms with van der Waals surface area (Å²) in [4.78, 5) is 3.78. The van der Waals surface area contributed by atoms with Gasteiger partial charge in [-0.1, -0.05) is 12.2 Å². The summed E-state index contributed by atoms with van der Waals surface area (Å²) in [5, 5.41) is 0. The summed E-state index contributed by atoms with van der Waals surface area (Å²) in [5.74, 6) is 0.166. The number of nitrogens with two attached hydrogens (primary N) is 2. The minimum absolute atomic E-state index is 0.166. The number of hydrogen-bond donors (Lipinski definition) is 2. The second-order valence-electron chi connectivity index (χ2n) is 1.66. The standard InChI is InChI=1S/C6H13N3/c1-2-3-4-5-9-6(7)8/h2-3H,4-5H2,1H3,(H4,7,8,9). The maximum absolute atomic E-state index is 5.08. The van der Waals surface area contributed by atoms with Crippen molar-refractivity contribution in [1.82, 2.24) is 0 Å². The van der Waals surface area contributed by atoms with Gasteiger partial charge >= 0.3 is 0 Å². The number of allylic oxidation sites excluding steroid dienone is 1. The van der Waals surface area contributed by atoms with E-state index in [1.165, 1.54) is 0 Å². The molecule has 4 N–H and O–H groups in total. The van der Waals surface area contributed by atoms with Crippen molar-refractivity contribution in [3.05, 3.63) is 12.2 Å². The fourth-order valence-electron chi connectivity index (χ4n) is 0.435. The van der Waals surface area contributed by atoms with Crippen LogP contribution in [0.5, 0.6) is 0 Å². The molecule has 0 spiro atoms. The zero-order chi connectivity index (χ0) is 7.11. The minimum atomic E-state index is 0.166. The average Bonchev–Trinajstić information content (AvgIpc) is 1.80. The number of aliphatic imine (C=N–C) groups is 1. The van der Waals surface area contributed by atoms with Gasteiger partial charge in [-0.15, -0.1) is 0 Å². The van der Waals surface area contributed by atoms with Gasteiger partial charge < -0.3 is 11.5 Å². The molecule has 0 heterocycles. The Hall–Kier alpha value is -0.990. The molecule has 0 aliphatic heterocycles. The summed E-state index contributed by atoms with van der Waals surface area (Å²) in [6.45, 7) is 2.65. The van der Waals surface area contributed by atoms with Crippen LogP contribution < -0.4 is 11.5 Å². The Morgan fingerprint density at radius 1 is 1.56 bits per heavy atom. The molecule has 0 fully saturated rings. The van der Waals surface area contributed by atoms with Crippen molar-refractivity contribution in [1.29, 1.82) is 0 Å². The van der Waals surface area contributed by atoms with E-state index in [2.05, 4.69) is 4.99 Å². The van der Waals surface area contributed by atoms with Crippen molar-refractivity contribution >= 4 is 5.96 Å². The molecule has 0 saturated heterocycles. The Morgan fingerprint density at radius 2 is 2.22 bits per heavy atom. The van der Waals surface area contributed by atoms with Crippen molar-refractivity contribution < 1.29 is 0 Å². The Bertz CT molecular complexity index is 111. The van der Waals surface area contributed by atoms with Crippen LogP contribution in [0.15, 0.2) is 17.1 Å². The van der Waals surface area contributed by atoms with E-state index < -0.39 is 0 Å². The number of guanidine groups is 1. The van der Waals surface area contributed by atoms with E-state index in [0.717, 1.165) is 6.42 Å². The van der Waals surface area contributed by atoms with Crippen molar-refractivity contribution in [2.45, 2.75) is 13.3 Å². The van der Waals surface area contributed by atoms with Crippen molar-refractivity contribution in [2.75, 3.05) is 6.54 Å². The molecule has 0 unspecified atom stereocenters. The maximum atomic E-state index is 5.08. The van der Waals surface area contributed by atoms with Crippen LogP contribution >= 0.6 is 0 Å². The van der Waals surface area contributed by atoms with Crippen LogP contribution in [0, 0.1) is 0 Å². The van der Waals surface area contributed by atoms with E-state index in [4.69, 9.17) is 11.5 Å². The molecule has 0 aromatic carbocycles. The molecular formula is C6H13N3. The molecule has 52 valence electrons. The van der Waals surface area contributed by atoms with Gasteiger partial charge in [0.25, 0.3) is 0 Å². The summed E-state index contributed by atoms with van der Waals surface area (Å²) in [6, 6.07) is 0. The molecule has 0 aliphatic carbocycles. The van der Waals surface area contributed by atoms with Gasteiger partial charge in [0.2, 0.25) is 0 Å². The zero-order valence-electron chi connectivity index (χ0n) is 5.67. The fourth-order valence-corrected chi connectivity index (χ4v) is 0.435. The summed E-state index contributed by atoms with van der Waals surface area (Å²) in [6.07, 6.45) is 4.91. The lowest BCUT2D eigenvalue weighted by Gasteiger charge is -1.88. The molecule has 0 saturated carbocycles. The highest BCUT2D eigenvalue weighted by Gasteiger charge is 1.77. The molecule has 0 amide bonds. The molecule has 3 nitrogen and oxygen atoms in total. The van der Waals surface area contributed by atoms with Gasteiger partial charge in [-0.3, -0.25) is 4.99 Å². The average molecular weight is 127 g/mol. The van der Waals surface area contributed by atoms with Crippen LogP contribution in [-0.2, 0) is 0 Å². The Morgan fingerprint density at radius 3 is 2.67 bits per heavy atom. The van der Waals surface area contributed by atoms with Gasteiger partial charge in [0, 0.05) is 6.54 Å². The van der Waals surface area contributed by atoms with Crippen LogP contribution in [0.4, 0.5) is 0 Å². The van der Waals surface area contributed by atoms with Gasteiger partial charge in [-0.25, -0.2) is 0 Å². The lowest BCUT2D eigenvalue weighted by Crippen LogP contribution is -2.22. The third-order valence-corrected chi connectivity index (χ3v) is 0.826. The molecule has 0 aliphatic rings. The van der Waals surface area contributed by atoms with Crippen molar-refractivity contribution in [3.63, 3.8) is 0 Å². The predicted octanol–water partition coefficient (Wildman–Crippen LogP) is 0.226. The molecule has 0 bridgehead atoms. The van der Waals surface area contributed by atoms with E-state index in [9.17, 15) is 0 Å². The van der Waals surface area contributed by atoms with E-state index in [1.807, 2.05) is 19.1 Å². The van der Waals surface area contributed by atoms with Crippen LogP contribution in [0.25, 0.3) is 0 Å². The van der Waals surface area contributed by atoms with Crippen LogP contribution in [0.2, 0.25) is 0 Å². The van der Waals surface area contributed by atoms with Gasteiger partial charge in [0.1, 0.15) is 0 Å². The fraction of sp³-hybridized carbons (Fsp3) is 0.500. The van der Waals surface area contributed by atoms with Crippen molar-refractivity contribution in [2.24, 2.45) is 16.5 Å². The molecular weight excluding hydrogens is 114 g/mol. The normalized spacial score (nSPS) is 9.89. The molecule has 9 heavy (non-hydrogen) atoms. The first-order valence-electron chi connectivity index (χ1n) is 2.94. The van der Waals surface area contributed by atoms with Gasteiger partial charge in [-0.05, 0) is 13.3 Å². The molecule has 0 radical (unpaired) electrons. The van der Waals surface area contributed by atoms with E-state index >= 15 is 0 Å². The van der Waals surface area contributed by atoms with E-state index in [0.29, 0.717) is 6.54 Å². The lowest BCUT2D eigenvalue weighted by atomic mass is 10.4. The Balaban J connectivity index is 3.20. The molecule has 3 heteroatoms. The SMILES string of the molecule is CC=CCCN=C(N)N. The first-order valence-corrected chi connectivity index (χ1v) is 2.94. The second-order valence-corrected chi connectivity index (χ2v) is 1.66. The van der Waals surface area contributed by atoms with Crippen LogP contribution in [-0.4, -0.2) is 12.5 Å². The largest absolute Gasteiger partial charge is 0.370 e. The first-order chi connectivity index (χ1) is 4.27. The third-order valence-electron chi connectivity index (χ3n) is 0.826. The van der Waals surface area contributed by atoms with E-state index in [-0.39, 0.29) is 5.96 Å². The Kier molecular flexibility index (Phi) is 4.59. The molecule has 0 rings (SSSR count). The monoisotopic (exact) mass is 127 g/mol. The number of hydrogen-bond acceptors (Lipinski definition) is 1. The van der Waals surface area contributed by atoms with Gasteiger partial charge in [0.15, 0.2) is 5.96 Å². The summed E-state index contributed by atoms with van der Waals surface area (Å²) >= 11 is 0. The molecule has 0 aromatic rings. The topological polar surface area (TPSA) is 64.4 Å². The van der Waals surface area contributed by atoms with Crippen molar-refractivity contribution in [3.8, 4) is 0 Å². The lowest BCUT2D eigenvalue weighted by molar-refractivity contribution is 0.997. The molecule has 0 atom stereocenters. The quantitative estimate of drug-likeness (QED) is 0.246. The highest BCUT2D eigenvalue weighted by atomic mass is 15.0. The molecule has 0 aromatic heterocycles. The summed E-state index contributed by atoms with van der Waals surface area (Å²) in [5.41, 5.74) is 10.2. The number of nitrogens with zero attached hydrogens (tertiary/aromatic N) is 1. The number of rotatable bonds is 3. The second kappa shape index (κ2) is 5.15. The van der Waals surface area contributed by atoms with Crippen LogP contribution in [0.1, 0.15) is 13.3 Å². The predicted molar refractivity (Wildman–Crippen MR) is 40.1 cm³/mol. The maximum Gasteiger partial charge on any atom is 0.185 e. The first kappa shape index (κ1) is 8.01. The minimum Gasteiger partial charge on any atom is -0.370 e. The van der Waals surface area contributed by atoms with Gasteiger partial charge in [-0.2, -0.15) is 0 Å². The third kappa shape index (κ3) is 7.01. The highest BCUT2D eigenvalue weighted by molar-refractivity contribution is 5.75. The summed E-state index contributed by atoms with van der Waals surface area (Å²) < 4.78 is 0.